The van der Waals surface area contributed by atoms with E-state index in [1.165, 1.54) is 31.2 Å². The van der Waals surface area contributed by atoms with Crippen LogP contribution in [0.5, 0.6) is 5.75 Å². The van der Waals surface area contributed by atoms with Crippen LogP contribution in [0.3, 0.4) is 0 Å². The number of carbonyl (C=O) groups is 4. The van der Waals surface area contributed by atoms with Gasteiger partial charge in [0.1, 0.15) is 5.75 Å². The highest BCUT2D eigenvalue weighted by atomic mass is 16.6. The number of ether oxygens (including phenoxy) is 3. The number of ketones is 1. The van der Waals surface area contributed by atoms with Crippen molar-refractivity contribution < 1.29 is 33.4 Å². The first-order valence-corrected chi connectivity index (χ1v) is 9.23. The summed E-state index contributed by atoms with van der Waals surface area (Å²) in [5, 5.41) is 5.11. The molecule has 0 fully saturated rings. The van der Waals surface area contributed by atoms with Gasteiger partial charge in [0, 0.05) is 11.3 Å². The maximum absolute atomic E-state index is 12.7. The Morgan fingerprint density at radius 1 is 1.17 bits per heavy atom. The third-order valence-electron chi connectivity index (χ3n) is 4.17. The molecule has 2 N–H and O–H groups in total. The molecule has 1 aliphatic rings. The molecule has 9 nitrogen and oxygen atoms in total. The zero-order valence-electron chi connectivity index (χ0n) is 16.4. The number of amides is 2. The van der Waals surface area contributed by atoms with Crippen LogP contribution in [-0.2, 0) is 14.3 Å². The lowest BCUT2D eigenvalue weighted by Gasteiger charge is -2.19. The molecule has 30 heavy (non-hydrogen) atoms. The number of benzene rings is 2. The maximum Gasteiger partial charge on any atom is 0.411 e. The van der Waals surface area contributed by atoms with Crippen LogP contribution in [0.25, 0.3) is 0 Å². The summed E-state index contributed by atoms with van der Waals surface area (Å²) in [6.07, 6.45) is -1.72. The molecule has 1 heterocycles. The summed E-state index contributed by atoms with van der Waals surface area (Å²) in [7, 11) is 0. The van der Waals surface area contributed by atoms with E-state index in [-0.39, 0.29) is 30.2 Å². The monoisotopic (exact) mass is 412 g/mol. The van der Waals surface area contributed by atoms with Gasteiger partial charge in [-0.1, -0.05) is 6.07 Å². The molecular formula is C21H20N2O7. The summed E-state index contributed by atoms with van der Waals surface area (Å²) in [4.78, 5) is 48.1. The fourth-order valence-electron chi connectivity index (χ4n) is 2.76. The van der Waals surface area contributed by atoms with Gasteiger partial charge in [-0.05, 0) is 50.2 Å². The first kappa shape index (κ1) is 20.8. The fourth-order valence-corrected chi connectivity index (χ4v) is 2.76. The van der Waals surface area contributed by atoms with Gasteiger partial charge >= 0.3 is 12.1 Å². The molecule has 0 spiro atoms. The average molecular weight is 412 g/mol. The molecule has 2 amide bonds. The summed E-state index contributed by atoms with van der Waals surface area (Å²) in [6, 6.07) is 10.7. The summed E-state index contributed by atoms with van der Waals surface area (Å²) in [6.45, 7) is 3.26. The summed E-state index contributed by atoms with van der Waals surface area (Å²) in [5.74, 6) is -1.02. The second-order valence-electron chi connectivity index (χ2n) is 6.39. The van der Waals surface area contributed by atoms with Crippen molar-refractivity contribution in [3.8, 4) is 5.75 Å². The van der Waals surface area contributed by atoms with Crippen molar-refractivity contribution in [3.05, 3.63) is 53.6 Å². The second-order valence-corrected chi connectivity index (χ2v) is 6.39. The molecule has 1 atom stereocenters. The van der Waals surface area contributed by atoms with E-state index in [0.29, 0.717) is 17.1 Å². The van der Waals surface area contributed by atoms with Gasteiger partial charge in [0.15, 0.2) is 12.7 Å². The molecule has 0 aromatic heterocycles. The normalized spacial score (nSPS) is 13.2. The van der Waals surface area contributed by atoms with Crippen molar-refractivity contribution in [2.45, 2.75) is 20.0 Å². The number of rotatable bonds is 6. The van der Waals surface area contributed by atoms with Gasteiger partial charge in [0.25, 0.3) is 5.91 Å². The molecule has 1 aliphatic heterocycles. The second kappa shape index (κ2) is 9.08. The van der Waals surface area contributed by atoms with Crippen LogP contribution in [-0.4, -0.2) is 43.1 Å². The molecular weight excluding hydrogens is 392 g/mol. The molecule has 0 bridgehead atoms. The van der Waals surface area contributed by atoms with Gasteiger partial charge in [-0.2, -0.15) is 0 Å². The van der Waals surface area contributed by atoms with Crippen LogP contribution >= 0.6 is 0 Å². The number of anilines is 2. The molecule has 0 radical (unpaired) electrons. The lowest BCUT2D eigenvalue weighted by Crippen LogP contribution is -2.27. The Morgan fingerprint density at radius 2 is 1.97 bits per heavy atom. The minimum absolute atomic E-state index is 0.0849. The zero-order valence-corrected chi connectivity index (χ0v) is 16.4. The van der Waals surface area contributed by atoms with E-state index in [9.17, 15) is 19.2 Å². The molecule has 2 aromatic carbocycles. The number of hydrogen-bond acceptors (Lipinski definition) is 7. The number of carbonyl (C=O) groups excluding carboxylic acids is 4. The molecule has 0 unspecified atom stereocenters. The van der Waals surface area contributed by atoms with E-state index in [4.69, 9.17) is 14.2 Å². The first-order valence-electron chi connectivity index (χ1n) is 9.23. The third kappa shape index (κ3) is 4.93. The Bertz CT molecular complexity index is 1000. The molecule has 3 rings (SSSR count). The Morgan fingerprint density at radius 3 is 2.73 bits per heavy atom. The number of Topliss-reactive ketones (excluding diaryl/α,β-unsaturated/α-hetero) is 1. The Balaban J connectivity index is 1.67. The SMILES string of the molecule is CCOC(=O)Nc1cccc(C(=O)O[C@@H](C)C(=O)c2ccc3c(c2)NC(=O)CO3)c1. The van der Waals surface area contributed by atoms with Crippen LogP contribution in [0.2, 0.25) is 0 Å². The van der Waals surface area contributed by atoms with Crippen molar-refractivity contribution in [1.82, 2.24) is 0 Å². The first-order chi connectivity index (χ1) is 14.4. The molecule has 0 aliphatic carbocycles. The van der Waals surface area contributed by atoms with E-state index >= 15 is 0 Å². The van der Waals surface area contributed by atoms with Gasteiger partial charge in [-0.3, -0.25) is 14.9 Å². The van der Waals surface area contributed by atoms with E-state index in [1.54, 1.807) is 25.1 Å². The quantitative estimate of drug-likeness (QED) is 0.553. The third-order valence-corrected chi connectivity index (χ3v) is 4.17. The van der Waals surface area contributed by atoms with E-state index in [0.717, 1.165) is 0 Å². The van der Waals surface area contributed by atoms with Crippen LogP contribution in [0.15, 0.2) is 42.5 Å². The minimum atomic E-state index is -1.07. The Kier molecular flexibility index (Phi) is 6.31. The molecule has 2 aromatic rings. The molecule has 156 valence electrons. The summed E-state index contributed by atoms with van der Waals surface area (Å²) < 4.78 is 15.3. The van der Waals surface area contributed by atoms with Crippen molar-refractivity contribution in [2.75, 3.05) is 23.8 Å². The predicted molar refractivity (Wildman–Crippen MR) is 107 cm³/mol. The van der Waals surface area contributed by atoms with Gasteiger partial charge < -0.3 is 19.5 Å². The smallest absolute Gasteiger partial charge is 0.411 e. The van der Waals surface area contributed by atoms with E-state index in [2.05, 4.69) is 10.6 Å². The lowest BCUT2D eigenvalue weighted by atomic mass is 10.1. The van der Waals surface area contributed by atoms with Gasteiger partial charge in [-0.25, -0.2) is 9.59 Å². The fraction of sp³-hybridized carbons (Fsp3) is 0.238. The number of esters is 1. The van der Waals surface area contributed by atoms with Crippen LogP contribution in [0, 0.1) is 0 Å². The highest BCUT2D eigenvalue weighted by Gasteiger charge is 2.23. The molecule has 0 saturated carbocycles. The average Bonchev–Trinajstić information content (AvgIpc) is 2.72. The topological polar surface area (TPSA) is 120 Å². The number of fused-ring (bicyclic) bond motifs is 1. The van der Waals surface area contributed by atoms with Crippen LogP contribution in [0.4, 0.5) is 16.2 Å². The van der Waals surface area contributed by atoms with Crippen molar-refractivity contribution in [3.63, 3.8) is 0 Å². The van der Waals surface area contributed by atoms with E-state index in [1.807, 2.05) is 0 Å². The number of hydrogen-bond donors (Lipinski definition) is 2. The molecule has 0 saturated heterocycles. The standard InChI is InChI=1S/C21H20N2O7/c1-3-28-21(27)22-15-6-4-5-14(9-15)20(26)30-12(2)19(25)13-7-8-17-16(10-13)23-18(24)11-29-17/h4-10,12H,3,11H2,1-2H3,(H,22,27)(H,23,24)/t12-/m0/s1. The van der Waals surface area contributed by atoms with Gasteiger partial charge in [0.05, 0.1) is 17.9 Å². The van der Waals surface area contributed by atoms with Crippen LogP contribution in [0.1, 0.15) is 34.6 Å². The Labute approximate surface area is 172 Å². The Hall–Kier alpha value is -3.88. The summed E-state index contributed by atoms with van der Waals surface area (Å²) >= 11 is 0. The van der Waals surface area contributed by atoms with Crippen molar-refractivity contribution in [1.29, 1.82) is 0 Å². The highest BCUT2D eigenvalue weighted by molar-refractivity contribution is 6.04. The number of nitrogens with one attached hydrogen (secondary N) is 2. The van der Waals surface area contributed by atoms with Gasteiger partial charge in [0.2, 0.25) is 5.78 Å². The summed E-state index contributed by atoms with van der Waals surface area (Å²) in [5.41, 5.74) is 1.16. The van der Waals surface area contributed by atoms with Crippen molar-refractivity contribution in [2.24, 2.45) is 0 Å². The van der Waals surface area contributed by atoms with Crippen molar-refractivity contribution >= 4 is 35.1 Å². The largest absolute Gasteiger partial charge is 0.482 e. The lowest BCUT2D eigenvalue weighted by molar-refractivity contribution is -0.118. The minimum Gasteiger partial charge on any atom is -0.482 e. The van der Waals surface area contributed by atoms with Crippen LogP contribution < -0.4 is 15.4 Å². The zero-order chi connectivity index (χ0) is 21.7. The predicted octanol–water partition coefficient (Wildman–Crippen LogP) is 3.01. The maximum atomic E-state index is 12.7. The molecule has 9 heteroatoms. The highest BCUT2D eigenvalue weighted by Crippen LogP contribution is 2.29. The van der Waals surface area contributed by atoms with Gasteiger partial charge in [-0.15, -0.1) is 0 Å². The van der Waals surface area contributed by atoms with E-state index < -0.39 is 23.9 Å².